The van der Waals surface area contributed by atoms with Crippen LogP contribution in [0.15, 0.2) is 48.9 Å². The Labute approximate surface area is 190 Å². The predicted octanol–water partition coefficient (Wildman–Crippen LogP) is 1.09. The van der Waals surface area contributed by atoms with Gasteiger partial charge in [-0.3, -0.25) is 9.59 Å². The lowest BCUT2D eigenvalue weighted by Gasteiger charge is -2.40. The standard InChI is InChI=1S/C23H25N7O3/c1-33-13-19-23(32)29(12-16-2-5-17-18(10-16)27-14-28-22(17)25)8-9-30(19)21(31)7-4-15-3-6-20(24)26-11-15/h2-7,10-11,14,19H,8-9,12-13H2,1H3,(H2,24,26)(H2,25,27,28)/t19-/m0/s1. The number of benzene rings is 1. The maximum absolute atomic E-state index is 13.2. The van der Waals surface area contributed by atoms with E-state index in [4.69, 9.17) is 16.2 Å². The number of carbonyl (C=O) groups excluding carboxylic acids is 2. The maximum Gasteiger partial charge on any atom is 0.248 e. The minimum Gasteiger partial charge on any atom is -0.384 e. The SMILES string of the molecule is COC[C@H]1C(=O)N(Cc2ccc3c(N)ncnc3c2)CCN1C(=O)C=Cc1ccc(N)nc1. The fraction of sp³-hybridized carbons (Fsp3) is 0.261. The number of aromatic nitrogens is 3. The largest absolute Gasteiger partial charge is 0.384 e. The molecule has 1 aromatic carbocycles. The van der Waals surface area contributed by atoms with Gasteiger partial charge >= 0.3 is 0 Å². The minimum absolute atomic E-state index is 0.111. The van der Waals surface area contributed by atoms with E-state index in [-0.39, 0.29) is 18.4 Å². The number of fused-ring (bicyclic) bond motifs is 1. The molecule has 1 aliphatic heterocycles. The van der Waals surface area contributed by atoms with Crippen molar-refractivity contribution in [2.45, 2.75) is 12.6 Å². The van der Waals surface area contributed by atoms with Crippen molar-refractivity contribution in [3.8, 4) is 0 Å². The van der Waals surface area contributed by atoms with Gasteiger partial charge in [-0.1, -0.05) is 6.07 Å². The molecule has 0 unspecified atom stereocenters. The number of piperazine rings is 1. The average Bonchev–Trinajstić information content (AvgIpc) is 2.81. The summed E-state index contributed by atoms with van der Waals surface area (Å²) < 4.78 is 5.26. The van der Waals surface area contributed by atoms with Gasteiger partial charge in [0.2, 0.25) is 11.8 Å². The summed E-state index contributed by atoms with van der Waals surface area (Å²) in [6.07, 6.45) is 6.08. The lowest BCUT2D eigenvalue weighted by Crippen LogP contribution is -2.59. The second-order valence-corrected chi connectivity index (χ2v) is 7.72. The molecule has 2 aromatic heterocycles. The minimum atomic E-state index is -0.705. The number of rotatable bonds is 6. The van der Waals surface area contributed by atoms with Crippen LogP contribution in [0.4, 0.5) is 11.6 Å². The van der Waals surface area contributed by atoms with Crippen LogP contribution >= 0.6 is 0 Å². The van der Waals surface area contributed by atoms with E-state index < -0.39 is 6.04 Å². The molecule has 3 heterocycles. The lowest BCUT2D eigenvalue weighted by molar-refractivity contribution is -0.152. The van der Waals surface area contributed by atoms with E-state index in [0.717, 1.165) is 22.0 Å². The lowest BCUT2D eigenvalue weighted by atomic mass is 10.1. The fourth-order valence-corrected chi connectivity index (χ4v) is 3.80. The summed E-state index contributed by atoms with van der Waals surface area (Å²) in [5.41, 5.74) is 13.9. The molecule has 1 fully saturated rings. The molecule has 1 saturated heterocycles. The summed E-state index contributed by atoms with van der Waals surface area (Å²) >= 11 is 0. The summed E-state index contributed by atoms with van der Waals surface area (Å²) in [5, 5.41) is 0.767. The number of anilines is 2. The summed E-state index contributed by atoms with van der Waals surface area (Å²) in [6.45, 7) is 1.31. The first-order valence-electron chi connectivity index (χ1n) is 10.4. The van der Waals surface area contributed by atoms with Crippen LogP contribution in [0.2, 0.25) is 0 Å². The van der Waals surface area contributed by atoms with Gasteiger partial charge in [-0.25, -0.2) is 15.0 Å². The van der Waals surface area contributed by atoms with Gasteiger partial charge in [0.25, 0.3) is 0 Å². The van der Waals surface area contributed by atoms with Crippen molar-refractivity contribution >= 4 is 40.4 Å². The molecule has 0 radical (unpaired) electrons. The number of pyridine rings is 1. The van der Waals surface area contributed by atoms with Crippen LogP contribution in [0.5, 0.6) is 0 Å². The maximum atomic E-state index is 13.2. The van der Waals surface area contributed by atoms with E-state index in [1.165, 1.54) is 24.4 Å². The molecule has 1 atom stereocenters. The molecule has 4 rings (SSSR count). The molecule has 1 aliphatic rings. The summed E-state index contributed by atoms with van der Waals surface area (Å²) in [6, 6.07) is 8.38. The highest BCUT2D eigenvalue weighted by Crippen LogP contribution is 2.21. The van der Waals surface area contributed by atoms with E-state index in [1.807, 2.05) is 18.2 Å². The molecule has 33 heavy (non-hydrogen) atoms. The number of hydrogen-bond acceptors (Lipinski definition) is 8. The number of nitrogen functional groups attached to an aromatic ring is 2. The summed E-state index contributed by atoms with van der Waals surface area (Å²) in [4.78, 5) is 41.6. The third-order valence-electron chi connectivity index (χ3n) is 5.52. The van der Waals surface area contributed by atoms with Gasteiger partial charge in [-0.15, -0.1) is 0 Å². The normalized spacial score (nSPS) is 16.6. The molecule has 0 spiro atoms. The third-order valence-corrected chi connectivity index (χ3v) is 5.52. The van der Waals surface area contributed by atoms with E-state index in [1.54, 1.807) is 29.3 Å². The van der Waals surface area contributed by atoms with Gasteiger partial charge in [-0.2, -0.15) is 0 Å². The molecule has 0 bridgehead atoms. The van der Waals surface area contributed by atoms with Crippen LogP contribution in [0, 0.1) is 0 Å². The number of amides is 2. The zero-order chi connectivity index (χ0) is 23.4. The van der Waals surface area contributed by atoms with Crippen molar-refractivity contribution < 1.29 is 14.3 Å². The van der Waals surface area contributed by atoms with Crippen LogP contribution < -0.4 is 11.5 Å². The van der Waals surface area contributed by atoms with Gasteiger partial charge in [0.1, 0.15) is 24.0 Å². The fourth-order valence-electron chi connectivity index (χ4n) is 3.80. The van der Waals surface area contributed by atoms with Crippen molar-refractivity contribution in [2.24, 2.45) is 0 Å². The topological polar surface area (TPSA) is 141 Å². The molecule has 10 nitrogen and oxygen atoms in total. The van der Waals surface area contributed by atoms with Crippen LogP contribution in [-0.4, -0.2) is 69.4 Å². The predicted molar refractivity (Wildman–Crippen MR) is 124 cm³/mol. The molecule has 3 aromatic rings. The van der Waals surface area contributed by atoms with Crippen LogP contribution in [0.25, 0.3) is 17.0 Å². The van der Waals surface area contributed by atoms with Crippen molar-refractivity contribution in [3.63, 3.8) is 0 Å². The molecule has 10 heteroatoms. The Morgan fingerprint density at radius 2 is 2.03 bits per heavy atom. The molecule has 4 N–H and O–H groups in total. The second-order valence-electron chi connectivity index (χ2n) is 7.72. The van der Waals surface area contributed by atoms with E-state index in [0.29, 0.717) is 31.3 Å². The first kappa shape index (κ1) is 22.2. The molecule has 170 valence electrons. The van der Waals surface area contributed by atoms with Gasteiger partial charge in [0.05, 0.1) is 12.1 Å². The first-order valence-corrected chi connectivity index (χ1v) is 10.4. The van der Waals surface area contributed by atoms with Crippen molar-refractivity contribution in [3.05, 3.63) is 60.1 Å². The van der Waals surface area contributed by atoms with Gasteiger partial charge in [-0.05, 0) is 41.5 Å². The Bertz CT molecular complexity index is 1200. The van der Waals surface area contributed by atoms with Gasteiger partial charge < -0.3 is 26.0 Å². The molecular weight excluding hydrogens is 422 g/mol. The monoisotopic (exact) mass is 447 g/mol. The average molecular weight is 447 g/mol. The van der Waals surface area contributed by atoms with E-state index in [9.17, 15) is 9.59 Å². The van der Waals surface area contributed by atoms with Crippen molar-refractivity contribution in [1.29, 1.82) is 0 Å². The highest BCUT2D eigenvalue weighted by Gasteiger charge is 2.36. The number of nitrogens with zero attached hydrogens (tertiary/aromatic N) is 5. The Kier molecular flexibility index (Phi) is 6.45. The summed E-state index contributed by atoms with van der Waals surface area (Å²) in [5.74, 6) is 0.390. The van der Waals surface area contributed by atoms with E-state index in [2.05, 4.69) is 15.0 Å². The first-order chi connectivity index (χ1) is 16.0. The highest BCUT2D eigenvalue weighted by atomic mass is 16.5. The number of methoxy groups -OCH3 is 1. The number of hydrogen-bond donors (Lipinski definition) is 2. The summed E-state index contributed by atoms with van der Waals surface area (Å²) in [7, 11) is 1.51. The van der Waals surface area contributed by atoms with Crippen LogP contribution in [0.3, 0.4) is 0 Å². The Balaban J connectivity index is 1.48. The molecule has 2 amide bonds. The Morgan fingerprint density at radius 3 is 2.79 bits per heavy atom. The third kappa shape index (κ3) is 4.90. The van der Waals surface area contributed by atoms with E-state index >= 15 is 0 Å². The zero-order valence-corrected chi connectivity index (χ0v) is 18.2. The molecule has 0 saturated carbocycles. The molecular formula is C23H25N7O3. The van der Waals surface area contributed by atoms with Crippen molar-refractivity contribution in [1.82, 2.24) is 24.8 Å². The molecule has 0 aliphatic carbocycles. The van der Waals surface area contributed by atoms with Crippen LogP contribution in [0.1, 0.15) is 11.1 Å². The number of ether oxygens (including phenoxy) is 1. The van der Waals surface area contributed by atoms with Gasteiger partial charge in [0, 0.05) is 44.4 Å². The smallest absolute Gasteiger partial charge is 0.248 e. The van der Waals surface area contributed by atoms with Gasteiger partial charge in [0.15, 0.2) is 0 Å². The number of carbonyl (C=O) groups is 2. The highest BCUT2D eigenvalue weighted by molar-refractivity contribution is 5.96. The Hall–Kier alpha value is -4.05. The second kappa shape index (κ2) is 9.61. The van der Waals surface area contributed by atoms with Crippen molar-refractivity contribution in [2.75, 3.05) is 38.3 Å². The quantitative estimate of drug-likeness (QED) is 0.535. The number of nitrogens with two attached hydrogens (primary N) is 2. The zero-order valence-electron chi connectivity index (χ0n) is 18.2. The Morgan fingerprint density at radius 1 is 1.18 bits per heavy atom. The van der Waals surface area contributed by atoms with Crippen LogP contribution in [-0.2, 0) is 20.9 Å².